The molecule has 0 radical (unpaired) electrons. The van der Waals surface area contributed by atoms with Crippen LogP contribution in [0, 0.1) is 0 Å². The van der Waals surface area contributed by atoms with Gasteiger partial charge in [-0.15, -0.1) is 0 Å². The molecule has 0 aromatic rings. The topological polar surface area (TPSA) is 90.2 Å². The van der Waals surface area contributed by atoms with Crippen LogP contribution in [0.1, 0.15) is 6.92 Å². The molecule has 5 nitrogen and oxygen atoms in total. The van der Waals surface area contributed by atoms with E-state index in [9.17, 15) is 5.11 Å². The molecule has 4 N–H and O–H groups in total. The molecule has 0 rings (SSSR count). The minimum atomic E-state index is -1.38. The first-order valence-corrected chi connectivity index (χ1v) is 3.72. The number of rotatable bonds is 5. The van der Waals surface area contributed by atoms with Crippen LogP contribution in [0.15, 0.2) is 0 Å². The van der Waals surface area contributed by atoms with E-state index in [4.69, 9.17) is 20.1 Å². The molecule has 0 aromatic carbocycles. The highest BCUT2D eigenvalue weighted by Crippen LogP contribution is 2.06. The summed E-state index contributed by atoms with van der Waals surface area (Å²) in [5.41, 5.74) is 0. The van der Waals surface area contributed by atoms with Gasteiger partial charge < -0.3 is 25.2 Å². The van der Waals surface area contributed by atoms with Crippen LogP contribution < -0.4 is 0 Å². The third-order valence-electron chi connectivity index (χ3n) is 1.78. The normalized spacial score (nSPS) is 21.5. The zero-order chi connectivity index (χ0) is 9.72. The molecule has 0 aliphatic rings. The van der Waals surface area contributed by atoms with Gasteiger partial charge in [0, 0.05) is 7.11 Å². The van der Waals surface area contributed by atoms with Gasteiger partial charge in [0.05, 0.1) is 12.7 Å². The van der Waals surface area contributed by atoms with Crippen molar-refractivity contribution in [3.05, 3.63) is 0 Å². The second kappa shape index (κ2) is 5.45. The molecule has 4 atom stereocenters. The van der Waals surface area contributed by atoms with Crippen molar-refractivity contribution in [3.8, 4) is 0 Å². The van der Waals surface area contributed by atoms with Crippen LogP contribution in [-0.2, 0) is 4.74 Å². The summed E-state index contributed by atoms with van der Waals surface area (Å²) in [7, 11) is 1.38. The number of aliphatic hydroxyl groups is 4. The molecule has 0 aromatic heterocycles. The van der Waals surface area contributed by atoms with E-state index in [-0.39, 0.29) is 0 Å². The number of hydrogen-bond acceptors (Lipinski definition) is 5. The van der Waals surface area contributed by atoms with E-state index in [1.165, 1.54) is 7.11 Å². The SMILES string of the molecule is CO[C@@H](C)C(O)[C@@H](O)[C@H](O)CO. The Hall–Kier alpha value is -0.200. The number of aliphatic hydroxyl groups excluding tert-OH is 4. The summed E-state index contributed by atoms with van der Waals surface area (Å²) in [4.78, 5) is 0. The fourth-order valence-electron chi connectivity index (χ4n) is 0.753. The van der Waals surface area contributed by atoms with Gasteiger partial charge in [-0.2, -0.15) is 0 Å². The van der Waals surface area contributed by atoms with Crippen molar-refractivity contribution in [2.45, 2.75) is 31.3 Å². The fraction of sp³-hybridized carbons (Fsp3) is 1.00. The van der Waals surface area contributed by atoms with E-state index in [1.807, 2.05) is 0 Å². The van der Waals surface area contributed by atoms with Crippen molar-refractivity contribution < 1.29 is 25.2 Å². The van der Waals surface area contributed by atoms with Gasteiger partial charge in [0.1, 0.15) is 18.3 Å². The van der Waals surface area contributed by atoms with E-state index in [1.54, 1.807) is 6.92 Å². The van der Waals surface area contributed by atoms with Gasteiger partial charge in [-0.3, -0.25) is 0 Å². The van der Waals surface area contributed by atoms with Crippen LogP contribution in [0.4, 0.5) is 0 Å². The molecule has 0 heterocycles. The molecule has 0 bridgehead atoms. The smallest absolute Gasteiger partial charge is 0.110 e. The van der Waals surface area contributed by atoms with Gasteiger partial charge in [-0.25, -0.2) is 0 Å². The van der Waals surface area contributed by atoms with Crippen molar-refractivity contribution in [2.24, 2.45) is 0 Å². The highest BCUT2D eigenvalue weighted by molar-refractivity contribution is 4.78. The summed E-state index contributed by atoms with van der Waals surface area (Å²) < 4.78 is 4.72. The highest BCUT2D eigenvalue weighted by Gasteiger charge is 2.28. The summed E-state index contributed by atoms with van der Waals surface area (Å²) in [6, 6.07) is 0. The molecule has 0 aliphatic carbocycles. The quantitative estimate of drug-likeness (QED) is 0.396. The van der Waals surface area contributed by atoms with Crippen LogP contribution in [0.5, 0.6) is 0 Å². The van der Waals surface area contributed by atoms with Gasteiger partial charge in [0.2, 0.25) is 0 Å². The van der Waals surface area contributed by atoms with Crippen LogP contribution in [0.25, 0.3) is 0 Å². The predicted octanol–water partition coefficient (Wildman–Crippen LogP) is -1.90. The van der Waals surface area contributed by atoms with Crippen molar-refractivity contribution in [3.63, 3.8) is 0 Å². The second-order valence-electron chi connectivity index (χ2n) is 2.67. The lowest BCUT2D eigenvalue weighted by atomic mass is 10.0. The van der Waals surface area contributed by atoms with E-state index in [0.29, 0.717) is 0 Å². The van der Waals surface area contributed by atoms with E-state index in [0.717, 1.165) is 0 Å². The zero-order valence-corrected chi connectivity index (χ0v) is 7.21. The van der Waals surface area contributed by atoms with Crippen molar-refractivity contribution in [2.75, 3.05) is 13.7 Å². The zero-order valence-electron chi connectivity index (χ0n) is 7.21. The number of ether oxygens (including phenoxy) is 1. The third kappa shape index (κ3) is 3.04. The Labute approximate surface area is 71.2 Å². The summed E-state index contributed by atoms with van der Waals surface area (Å²) in [6.45, 7) is 0.965. The molecule has 1 unspecified atom stereocenters. The molecule has 0 spiro atoms. The van der Waals surface area contributed by atoms with Gasteiger partial charge in [0.25, 0.3) is 0 Å². The van der Waals surface area contributed by atoms with Crippen LogP contribution in [0.2, 0.25) is 0 Å². The Morgan fingerprint density at radius 2 is 1.67 bits per heavy atom. The molecule has 12 heavy (non-hydrogen) atoms. The standard InChI is InChI=1S/C7H16O5/c1-4(12-2)6(10)7(11)5(9)3-8/h4-11H,3H2,1-2H3/t4-,5+,6?,7-/m0/s1. The Morgan fingerprint density at radius 3 is 2.00 bits per heavy atom. The maximum Gasteiger partial charge on any atom is 0.110 e. The average Bonchev–Trinajstić information content (AvgIpc) is 2.12. The fourth-order valence-corrected chi connectivity index (χ4v) is 0.753. The molecule has 0 fully saturated rings. The van der Waals surface area contributed by atoms with E-state index >= 15 is 0 Å². The molecular weight excluding hydrogens is 164 g/mol. The Morgan fingerprint density at radius 1 is 1.17 bits per heavy atom. The summed E-state index contributed by atoms with van der Waals surface area (Å²) in [5.74, 6) is 0. The van der Waals surface area contributed by atoms with E-state index in [2.05, 4.69) is 0 Å². The average molecular weight is 180 g/mol. The van der Waals surface area contributed by atoms with Crippen LogP contribution >= 0.6 is 0 Å². The molecular formula is C7H16O5. The molecule has 0 saturated carbocycles. The molecule has 0 amide bonds. The van der Waals surface area contributed by atoms with Gasteiger partial charge in [-0.05, 0) is 6.92 Å². The van der Waals surface area contributed by atoms with Crippen molar-refractivity contribution >= 4 is 0 Å². The summed E-state index contributed by atoms with van der Waals surface area (Å²) >= 11 is 0. The molecule has 5 heteroatoms. The molecule has 74 valence electrons. The highest BCUT2D eigenvalue weighted by atomic mass is 16.5. The van der Waals surface area contributed by atoms with Crippen molar-refractivity contribution in [1.82, 2.24) is 0 Å². The Bertz CT molecular complexity index is 104. The summed E-state index contributed by atoms with van der Waals surface area (Å²) in [5, 5.41) is 35.8. The maximum atomic E-state index is 9.24. The van der Waals surface area contributed by atoms with Gasteiger partial charge >= 0.3 is 0 Å². The lowest BCUT2D eigenvalue weighted by molar-refractivity contribution is -0.118. The lowest BCUT2D eigenvalue weighted by Crippen LogP contribution is -2.45. The predicted molar refractivity (Wildman–Crippen MR) is 41.6 cm³/mol. The molecule has 0 saturated heterocycles. The largest absolute Gasteiger partial charge is 0.394 e. The van der Waals surface area contributed by atoms with Crippen LogP contribution in [-0.4, -0.2) is 58.6 Å². The summed E-state index contributed by atoms with van der Waals surface area (Å²) in [6.07, 6.45) is -4.50. The minimum absolute atomic E-state index is 0.582. The Kier molecular flexibility index (Phi) is 5.36. The lowest BCUT2D eigenvalue weighted by Gasteiger charge is -2.25. The second-order valence-corrected chi connectivity index (χ2v) is 2.67. The third-order valence-corrected chi connectivity index (χ3v) is 1.78. The minimum Gasteiger partial charge on any atom is -0.394 e. The van der Waals surface area contributed by atoms with Gasteiger partial charge in [0.15, 0.2) is 0 Å². The Balaban J connectivity index is 3.99. The first-order chi connectivity index (χ1) is 5.54. The van der Waals surface area contributed by atoms with Crippen LogP contribution in [0.3, 0.4) is 0 Å². The van der Waals surface area contributed by atoms with Gasteiger partial charge in [-0.1, -0.05) is 0 Å². The first kappa shape index (κ1) is 11.8. The number of methoxy groups -OCH3 is 1. The molecule has 0 aliphatic heterocycles. The first-order valence-electron chi connectivity index (χ1n) is 3.72. The number of hydrogen-bond donors (Lipinski definition) is 4. The maximum absolute atomic E-state index is 9.24. The van der Waals surface area contributed by atoms with Crippen molar-refractivity contribution in [1.29, 1.82) is 0 Å². The monoisotopic (exact) mass is 180 g/mol. The van der Waals surface area contributed by atoms with E-state index < -0.39 is 31.0 Å².